The second kappa shape index (κ2) is 15.5. The molecular formula is C34H38ClN3O9. The number of benzene rings is 3. The molecule has 1 fully saturated rings. The molecule has 0 aromatic heterocycles. The molecule has 12 nitrogen and oxygen atoms in total. The number of carboxylic acid groups (broad SMARTS) is 1. The summed E-state index contributed by atoms with van der Waals surface area (Å²) in [6.07, 6.45) is 0.00257. The molecule has 13 heteroatoms. The van der Waals surface area contributed by atoms with E-state index in [-0.39, 0.29) is 25.9 Å². The Hall–Kier alpha value is -4.97. The van der Waals surface area contributed by atoms with Gasteiger partial charge in [-0.15, -0.1) is 0 Å². The minimum atomic E-state index is -0.952. The van der Waals surface area contributed by atoms with Crippen molar-refractivity contribution in [1.29, 1.82) is 0 Å². The maximum Gasteiger partial charge on any atom is 0.325 e. The number of nitrogens with one attached hydrogen (secondary N) is 1. The molecule has 4 rings (SSSR count). The van der Waals surface area contributed by atoms with Crippen LogP contribution in [0.15, 0.2) is 54.6 Å². The van der Waals surface area contributed by atoms with Gasteiger partial charge in [0.1, 0.15) is 29.5 Å². The number of halogens is 1. The van der Waals surface area contributed by atoms with Gasteiger partial charge in [-0.2, -0.15) is 0 Å². The molecule has 0 spiro atoms. The van der Waals surface area contributed by atoms with E-state index in [2.05, 4.69) is 5.32 Å². The summed E-state index contributed by atoms with van der Waals surface area (Å²) in [5.74, 6) is -0.937. The van der Waals surface area contributed by atoms with Gasteiger partial charge in [-0.25, -0.2) is 4.79 Å². The predicted molar refractivity (Wildman–Crippen MR) is 173 cm³/mol. The van der Waals surface area contributed by atoms with Crippen LogP contribution in [0.25, 0.3) is 0 Å². The summed E-state index contributed by atoms with van der Waals surface area (Å²) in [5.41, 5.74) is 2.51. The third kappa shape index (κ3) is 8.44. The summed E-state index contributed by atoms with van der Waals surface area (Å²) in [6.45, 7) is 1.24. The van der Waals surface area contributed by atoms with E-state index in [0.29, 0.717) is 50.3 Å². The Labute approximate surface area is 278 Å². The topological polar surface area (TPSA) is 144 Å². The fraction of sp³-hybridized carbons (Fsp3) is 0.353. The Balaban J connectivity index is 1.66. The van der Waals surface area contributed by atoms with Crippen LogP contribution in [0.5, 0.6) is 23.0 Å². The minimum absolute atomic E-state index is 0.0178. The molecule has 2 N–H and O–H groups in total. The van der Waals surface area contributed by atoms with E-state index >= 15 is 0 Å². The van der Waals surface area contributed by atoms with Crippen molar-refractivity contribution in [3.05, 3.63) is 81.9 Å². The molecule has 0 saturated carbocycles. The molecule has 3 aromatic rings. The zero-order valence-electron chi connectivity index (χ0n) is 26.9. The van der Waals surface area contributed by atoms with E-state index in [1.54, 1.807) is 61.5 Å². The third-order valence-corrected chi connectivity index (χ3v) is 8.23. The van der Waals surface area contributed by atoms with Crippen LogP contribution in [0.1, 0.15) is 35.2 Å². The predicted octanol–water partition coefficient (Wildman–Crippen LogP) is 4.50. The molecule has 1 aliphatic heterocycles. The Bertz CT molecular complexity index is 1600. The number of hydrogen-bond acceptors (Lipinski definition) is 8. The van der Waals surface area contributed by atoms with Crippen molar-refractivity contribution in [1.82, 2.24) is 15.1 Å². The van der Waals surface area contributed by atoms with Crippen molar-refractivity contribution in [3.63, 3.8) is 0 Å². The van der Waals surface area contributed by atoms with E-state index in [0.717, 1.165) is 4.90 Å². The Morgan fingerprint density at radius 1 is 0.936 bits per heavy atom. The number of aliphatic carboxylic acids is 1. The summed E-state index contributed by atoms with van der Waals surface area (Å²) >= 11 is 6.29. The van der Waals surface area contributed by atoms with Crippen LogP contribution in [-0.4, -0.2) is 80.2 Å². The van der Waals surface area contributed by atoms with Crippen molar-refractivity contribution in [2.75, 3.05) is 41.5 Å². The van der Waals surface area contributed by atoms with Crippen LogP contribution in [0.3, 0.4) is 0 Å². The first-order valence-corrected chi connectivity index (χ1v) is 15.2. The zero-order chi connectivity index (χ0) is 34.2. The number of carbonyl (C=O) groups is 4. The quantitative estimate of drug-likeness (QED) is 0.285. The Kier molecular flexibility index (Phi) is 11.5. The summed E-state index contributed by atoms with van der Waals surface area (Å²) in [6, 6.07) is 13.9. The van der Waals surface area contributed by atoms with Crippen LogP contribution in [-0.2, 0) is 33.8 Å². The van der Waals surface area contributed by atoms with Gasteiger partial charge in [0, 0.05) is 23.7 Å². The third-order valence-electron chi connectivity index (χ3n) is 8.00. The number of amides is 4. The number of nitrogens with zero attached hydrogens (tertiary/aromatic N) is 2. The number of rotatable bonds is 12. The van der Waals surface area contributed by atoms with Gasteiger partial charge in [-0.3, -0.25) is 19.3 Å². The maximum atomic E-state index is 14.1. The fourth-order valence-corrected chi connectivity index (χ4v) is 5.69. The molecule has 0 radical (unpaired) electrons. The highest BCUT2D eigenvalue weighted by Gasteiger charge is 2.39. The first-order chi connectivity index (χ1) is 22.5. The molecule has 1 heterocycles. The highest BCUT2D eigenvalue weighted by molar-refractivity contribution is 6.30. The van der Waals surface area contributed by atoms with E-state index in [9.17, 15) is 19.2 Å². The van der Waals surface area contributed by atoms with Crippen LogP contribution in [0.2, 0.25) is 5.02 Å². The van der Waals surface area contributed by atoms with Gasteiger partial charge in [0.15, 0.2) is 0 Å². The van der Waals surface area contributed by atoms with Crippen molar-refractivity contribution < 1.29 is 43.2 Å². The largest absolute Gasteiger partial charge is 0.496 e. The Morgan fingerprint density at radius 2 is 1.57 bits per heavy atom. The number of urea groups is 1. The second-order valence-electron chi connectivity index (χ2n) is 11.0. The summed E-state index contributed by atoms with van der Waals surface area (Å²) in [5, 5.41) is 12.3. The smallest absolute Gasteiger partial charge is 0.325 e. The van der Waals surface area contributed by atoms with Crippen LogP contribution in [0.4, 0.5) is 4.79 Å². The standard InChI is InChI=1S/C34H38ClN3O9/c1-20(22-8-6-21(7-9-22)12-32(40)41)36-34(43)38-19-31(39)37(18-27-29(46-4)15-26(44-2)16-30(27)47-5)17-24(33(38)42)13-23-14-25(35)10-11-28(23)45-3/h6-11,14-16,20,24H,12-13,17-19H2,1-5H3,(H,36,43)(H,40,41)/t20-,24-/m1/s1. The van der Waals surface area contributed by atoms with Gasteiger partial charge in [0.25, 0.3) is 0 Å². The number of methoxy groups -OCH3 is 4. The maximum absolute atomic E-state index is 14.1. The molecule has 0 bridgehead atoms. The van der Waals surface area contributed by atoms with Gasteiger partial charge in [-0.1, -0.05) is 35.9 Å². The summed E-state index contributed by atoms with van der Waals surface area (Å²) in [4.78, 5) is 55.1. The lowest BCUT2D eigenvalue weighted by molar-refractivity contribution is -0.136. The number of imide groups is 1. The number of ether oxygens (including phenoxy) is 4. The highest BCUT2D eigenvalue weighted by Crippen LogP contribution is 2.36. The normalized spacial score (nSPS) is 15.5. The molecule has 2 atom stereocenters. The first kappa shape index (κ1) is 34.9. The highest BCUT2D eigenvalue weighted by atomic mass is 35.5. The van der Waals surface area contributed by atoms with Crippen LogP contribution in [0, 0.1) is 5.92 Å². The van der Waals surface area contributed by atoms with Crippen molar-refractivity contribution in [2.45, 2.75) is 32.4 Å². The van der Waals surface area contributed by atoms with Gasteiger partial charge >= 0.3 is 12.0 Å². The lowest BCUT2D eigenvalue weighted by Crippen LogP contribution is -2.48. The molecule has 0 aliphatic carbocycles. The average Bonchev–Trinajstić information content (AvgIpc) is 3.16. The molecule has 3 aromatic carbocycles. The fourth-order valence-electron chi connectivity index (χ4n) is 5.50. The van der Waals surface area contributed by atoms with Gasteiger partial charge < -0.3 is 34.3 Å². The second-order valence-corrected chi connectivity index (χ2v) is 11.5. The molecule has 250 valence electrons. The molecule has 4 amide bonds. The molecule has 0 unspecified atom stereocenters. The van der Waals surface area contributed by atoms with Gasteiger partial charge in [0.2, 0.25) is 11.8 Å². The summed E-state index contributed by atoms with van der Waals surface area (Å²) in [7, 11) is 6.01. The minimum Gasteiger partial charge on any atom is -0.496 e. The lowest BCUT2D eigenvalue weighted by Gasteiger charge is -2.26. The molecular weight excluding hydrogens is 630 g/mol. The SMILES string of the molecule is COc1cc(OC)c(CN2C[C@@H](Cc3cc(Cl)ccc3OC)C(=O)N(C(=O)N[C@H](C)c3ccc(CC(=O)O)cc3)CC2=O)c(OC)c1. The van der Waals surface area contributed by atoms with Crippen molar-refractivity contribution in [2.24, 2.45) is 5.92 Å². The number of hydrogen-bond donors (Lipinski definition) is 2. The van der Waals surface area contributed by atoms with Crippen LogP contribution < -0.4 is 24.3 Å². The van der Waals surface area contributed by atoms with E-state index in [1.165, 1.54) is 33.3 Å². The van der Waals surface area contributed by atoms with E-state index < -0.39 is 42.3 Å². The van der Waals surface area contributed by atoms with Crippen molar-refractivity contribution in [3.8, 4) is 23.0 Å². The molecule has 47 heavy (non-hydrogen) atoms. The Morgan fingerprint density at radius 3 is 2.15 bits per heavy atom. The zero-order valence-corrected chi connectivity index (χ0v) is 27.6. The van der Waals surface area contributed by atoms with Gasteiger partial charge in [-0.05, 0) is 48.2 Å². The number of carboxylic acids is 1. The monoisotopic (exact) mass is 667 g/mol. The first-order valence-electron chi connectivity index (χ1n) is 14.8. The molecule has 1 saturated heterocycles. The summed E-state index contributed by atoms with van der Waals surface area (Å²) < 4.78 is 22.1. The van der Waals surface area contributed by atoms with Crippen LogP contribution >= 0.6 is 11.6 Å². The van der Waals surface area contributed by atoms with E-state index in [4.69, 9.17) is 35.7 Å². The van der Waals surface area contributed by atoms with E-state index in [1.807, 2.05) is 0 Å². The lowest BCUT2D eigenvalue weighted by atomic mass is 9.96. The van der Waals surface area contributed by atoms with Gasteiger partial charge in [0.05, 0.1) is 58.9 Å². The average molecular weight is 668 g/mol. The van der Waals surface area contributed by atoms with Crippen molar-refractivity contribution >= 4 is 35.4 Å². The molecule has 1 aliphatic rings. The number of carbonyl (C=O) groups excluding carboxylic acids is 3.